The van der Waals surface area contributed by atoms with Gasteiger partial charge >= 0.3 is 0 Å². The van der Waals surface area contributed by atoms with Crippen LogP contribution in [-0.4, -0.2) is 25.8 Å². The molecule has 3 heterocycles. The van der Waals surface area contributed by atoms with E-state index in [0.717, 1.165) is 11.4 Å². The number of nitrogens with zero attached hydrogens (tertiary/aromatic N) is 4. The second kappa shape index (κ2) is 5.83. The molecule has 0 fully saturated rings. The van der Waals surface area contributed by atoms with Crippen molar-refractivity contribution in [3.05, 3.63) is 41.0 Å². The lowest BCUT2D eigenvalue weighted by atomic mass is 10.0. The summed E-state index contributed by atoms with van der Waals surface area (Å²) in [5.74, 6) is 0.0141. The maximum absolute atomic E-state index is 12.7. The third-order valence-corrected chi connectivity index (χ3v) is 3.83. The highest BCUT2D eigenvalue weighted by atomic mass is 16.5. The molecule has 0 aliphatic heterocycles. The third-order valence-electron chi connectivity index (χ3n) is 3.83. The predicted molar refractivity (Wildman–Crippen MR) is 85.0 cm³/mol. The van der Waals surface area contributed by atoms with Crippen molar-refractivity contribution in [2.45, 2.75) is 33.2 Å². The van der Waals surface area contributed by atoms with Crippen LogP contribution in [0.3, 0.4) is 0 Å². The summed E-state index contributed by atoms with van der Waals surface area (Å²) in [4.78, 5) is 17.1. The van der Waals surface area contributed by atoms with Gasteiger partial charge < -0.3 is 9.84 Å². The molecule has 1 N–H and O–H groups in total. The Labute approximate surface area is 133 Å². The van der Waals surface area contributed by atoms with Gasteiger partial charge in [0.1, 0.15) is 0 Å². The Kier molecular flexibility index (Phi) is 3.85. The number of hydrogen-bond donors (Lipinski definition) is 1. The van der Waals surface area contributed by atoms with Crippen LogP contribution in [-0.2, 0) is 13.6 Å². The number of carbonyl (C=O) groups is 1. The average Bonchev–Trinajstić information content (AvgIpc) is 3.10. The van der Waals surface area contributed by atoms with Gasteiger partial charge in [-0.05, 0) is 25.0 Å². The van der Waals surface area contributed by atoms with Crippen molar-refractivity contribution < 1.29 is 9.32 Å². The first kappa shape index (κ1) is 15.2. The first-order chi connectivity index (χ1) is 11.0. The number of fused-ring (bicyclic) bond motifs is 1. The van der Waals surface area contributed by atoms with Crippen molar-refractivity contribution >= 4 is 17.0 Å². The van der Waals surface area contributed by atoms with Gasteiger partial charge in [0.05, 0.1) is 28.9 Å². The Morgan fingerprint density at radius 1 is 1.43 bits per heavy atom. The van der Waals surface area contributed by atoms with Crippen LogP contribution in [0.25, 0.3) is 11.1 Å². The Morgan fingerprint density at radius 2 is 2.22 bits per heavy atom. The number of aromatic nitrogens is 4. The zero-order chi connectivity index (χ0) is 16.6. The van der Waals surface area contributed by atoms with Crippen LogP contribution in [0.15, 0.2) is 22.9 Å². The van der Waals surface area contributed by atoms with Crippen molar-refractivity contribution in [1.82, 2.24) is 25.2 Å². The second-order valence-corrected chi connectivity index (χ2v) is 5.83. The summed E-state index contributed by atoms with van der Waals surface area (Å²) in [6.45, 7) is 6.25. The molecule has 3 aromatic heterocycles. The Morgan fingerprint density at radius 3 is 2.87 bits per heavy atom. The van der Waals surface area contributed by atoms with Crippen LogP contribution in [0, 0.1) is 6.92 Å². The smallest absolute Gasteiger partial charge is 0.259 e. The van der Waals surface area contributed by atoms with Crippen LogP contribution in [0.1, 0.15) is 47.2 Å². The number of carbonyl (C=O) groups excluding carboxylic acids is 1. The summed E-state index contributed by atoms with van der Waals surface area (Å²) in [5.41, 5.74) is 3.33. The predicted octanol–water partition coefficient (Wildman–Crippen LogP) is 2.32. The largest absolute Gasteiger partial charge is 0.346 e. The first-order valence-corrected chi connectivity index (χ1v) is 7.49. The van der Waals surface area contributed by atoms with Gasteiger partial charge in [-0.1, -0.05) is 19.0 Å². The minimum atomic E-state index is -0.174. The Bertz CT molecular complexity index is 863. The van der Waals surface area contributed by atoms with Crippen LogP contribution >= 0.6 is 0 Å². The fourth-order valence-corrected chi connectivity index (χ4v) is 2.43. The molecule has 7 nitrogen and oxygen atoms in total. The van der Waals surface area contributed by atoms with E-state index in [9.17, 15) is 4.79 Å². The molecule has 0 bridgehead atoms. The number of hydrogen-bond acceptors (Lipinski definition) is 5. The Balaban J connectivity index is 1.95. The molecular formula is C16H19N5O2. The number of nitrogens with one attached hydrogen (secondary N) is 1. The van der Waals surface area contributed by atoms with Crippen molar-refractivity contribution in [3.63, 3.8) is 0 Å². The van der Waals surface area contributed by atoms with E-state index >= 15 is 0 Å². The minimum absolute atomic E-state index is 0.174. The topological polar surface area (TPSA) is 85.8 Å². The summed E-state index contributed by atoms with van der Waals surface area (Å²) in [7, 11) is 1.84. The molecule has 0 unspecified atom stereocenters. The summed E-state index contributed by atoms with van der Waals surface area (Å²) in [6.07, 6.45) is 1.70. The van der Waals surface area contributed by atoms with Gasteiger partial charge in [0.2, 0.25) is 0 Å². The van der Waals surface area contributed by atoms with Gasteiger partial charge in [-0.3, -0.25) is 9.48 Å². The van der Waals surface area contributed by atoms with E-state index in [4.69, 9.17) is 4.52 Å². The molecule has 0 atom stereocenters. The van der Waals surface area contributed by atoms with E-state index in [2.05, 4.69) is 20.6 Å². The van der Waals surface area contributed by atoms with Crippen LogP contribution < -0.4 is 5.32 Å². The van der Waals surface area contributed by atoms with Crippen molar-refractivity contribution in [3.8, 4) is 0 Å². The van der Waals surface area contributed by atoms with Gasteiger partial charge in [0.25, 0.3) is 11.6 Å². The SMILES string of the molecule is Cc1noc2nc(C(C)C)cc(C(=O)NCc3ccnn3C)c12. The van der Waals surface area contributed by atoms with Crippen molar-refractivity contribution in [1.29, 1.82) is 0 Å². The summed E-state index contributed by atoms with van der Waals surface area (Å²) < 4.78 is 6.97. The van der Waals surface area contributed by atoms with Crippen molar-refractivity contribution in [2.75, 3.05) is 0 Å². The highest BCUT2D eigenvalue weighted by molar-refractivity contribution is 6.06. The lowest BCUT2D eigenvalue weighted by Gasteiger charge is -2.09. The zero-order valence-electron chi connectivity index (χ0n) is 13.6. The standard InChI is InChI=1S/C16H19N5O2/c1-9(2)13-7-12(14-10(3)20-23-16(14)19-13)15(22)17-8-11-5-6-18-21(11)4/h5-7,9H,8H2,1-4H3,(H,17,22). The summed E-state index contributed by atoms with van der Waals surface area (Å²) in [6, 6.07) is 3.68. The van der Waals surface area contributed by atoms with Gasteiger partial charge in [-0.2, -0.15) is 5.10 Å². The number of amides is 1. The maximum Gasteiger partial charge on any atom is 0.259 e. The number of pyridine rings is 1. The van der Waals surface area contributed by atoms with E-state index in [1.165, 1.54) is 0 Å². The fourth-order valence-electron chi connectivity index (χ4n) is 2.43. The molecule has 120 valence electrons. The molecule has 7 heteroatoms. The highest BCUT2D eigenvalue weighted by Gasteiger charge is 2.19. The zero-order valence-corrected chi connectivity index (χ0v) is 13.6. The van der Waals surface area contributed by atoms with Crippen molar-refractivity contribution in [2.24, 2.45) is 7.05 Å². The molecule has 0 aromatic carbocycles. The van der Waals surface area contributed by atoms with Crippen LogP contribution in [0.5, 0.6) is 0 Å². The maximum atomic E-state index is 12.7. The molecule has 0 aliphatic rings. The van der Waals surface area contributed by atoms with E-state index in [1.54, 1.807) is 17.8 Å². The summed E-state index contributed by atoms with van der Waals surface area (Å²) >= 11 is 0. The van der Waals surface area contributed by atoms with Crippen LogP contribution in [0.2, 0.25) is 0 Å². The van der Waals surface area contributed by atoms with Gasteiger partial charge in [0, 0.05) is 18.9 Å². The quantitative estimate of drug-likeness (QED) is 0.799. The normalized spacial score (nSPS) is 11.3. The molecular weight excluding hydrogens is 294 g/mol. The molecule has 0 spiro atoms. The van der Waals surface area contributed by atoms with E-state index in [-0.39, 0.29) is 11.8 Å². The van der Waals surface area contributed by atoms with Crippen LogP contribution in [0.4, 0.5) is 0 Å². The molecule has 3 aromatic rings. The van der Waals surface area contributed by atoms with Gasteiger partial charge in [0.15, 0.2) is 0 Å². The monoisotopic (exact) mass is 313 g/mol. The first-order valence-electron chi connectivity index (χ1n) is 7.49. The second-order valence-electron chi connectivity index (χ2n) is 5.83. The molecule has 3 rings (SSSR count). The summed E-state index contributed by atoms with van der Waals surface area (Å²) in [5, 5.41) is 11.6. The van der Waals surface area contributed by atoms with Gasteiger partial charge in [-0.15, -0.1) is 0 Å². The molecule has 0 aliphatic carbocycles. The van der Waals surface area contributed by atoms with Gasteiger partial charge in [-0.25, -0.2) is 4.98 Å². The lowest BCUT2D eigenvalue weighted by Crippen LogP contribution is -2.24. The average molecular weight is 313 g/mol. The molecule has 23 heavy (non-hydrogen) atoms. The number of aryl methyl sites for hydroxylation is 2. The molecule has 0 saturated carbocycles. The molecule has 0 radical (unpaired) electrons. The van der Waals surface area contributed by atoms with E-state index in [0.29, 0.717) is 28.9 Å². The minimum Gasteiger partial charge on any atom is -0.346 e. The number of rotatable bonds is 4. The Hall–Kier alpha value is -2.70. The lowest BCUT2D eigenvalue weighted by molar-refractivity contribution is 0.0951. The molecule has 0 saturated heterocycles. The third kappa shape index (κ3) is 2.81. The van der Waals surface area contributed by atoms with E-state index < -0.39 is 0 Å². The molecule has 1 amide bonds. The van der Waals surface area contributed by atoms with E-state index in [1.807, 2.05) is 33.0 Å². The fraction of sp³-hybridized carbons (Fsp3) is 0.375. The highest BCUT2D eigenvalue weighted by Crippen LogP contribution is 2.25.